The van der Waals surface area contributed by atoms with Gasteiger partial charge in [0.1, 0.15) is 0 Å². The average Bonchev–Trinajstić information content (AvgIpc) is 2.57. The van der Waals surface area contributed by atoms with Crippen molar-refractivity contribution in [2.45, 2.75) is 26.7 Å². The molecule has 8 heteroatoms. The monoisotopic (exact) mass is 336 g/mol. The number of hydrogen-bond donors (Lipinski definition) is 2. The van der Waals surface area contributed by atoms with Gasteiger partial charge in [0.2, 0.25) is 11.8 Å². The molecular weight excluding hydrogens is 312 g/mol. The number of benzene rings is 1. The summed E-state index contributed by atoms with van der Waals surface area (Å²) in [7, 11) is 0. The van der Waals surface area contributed by atoms with Crippen LogP contribution in [0.4, 0.5) is 11.4 Å². The molecule has 0 unspecified atom stereocenters. The smallest absolute Gasteiger partial charge is 0.269 e. The Bertz CT molecular complexity index is 560. The predicted octanol–water partition coefficient (Wildman–Crippen LogP) is 1.77. The number of rotatable bonds is 10. The predicted molar refractivity (Wildman–Crippen MR) is 91.8 cm³/mol. The van der Waals surface area contributed by atoms with Crippen LogP contribution < -0.4 is 10.6 Å². The highest BCUT2D eigenvalue weighted by atomic mass is 16.6. The van der Waals surface area contributed by atoms with Crippen molar-refractivity contribution in [3.05, 3.63) is 34.4 Å². The molecule has 24 heavy (non-hydrogen) atoms. The highest BCUT2D eigenvalue weighted by molar-refractivity contribution is 5.84. The summed E-state index contributed by atoms with van der Waals surface area (Å²) in [5.41, 5.74) is 0.808. The van der Waals surface area contributed by atoms with Crippen molar-refractivity contribution in [3.8, 4) is 0 Å². The molecule has 1 rings (SSSR count). The molecule has 1 aromatic carbocycles. The van der Waals surface area contributed by atoms with Gasteiger partial charge in [0, 0.05) is 43.9 Å². The molecule has 0 atom stereocenters. The van der Waals surface area contributed by atoms with Gasteiger partial charge in [-0.2, -0.15) is 0 Å². The van der Waals surface area contributed by atoms with Gasteiger partial charge in [-0.3, -0.25) is 19.7 Å². The van der Waals surface area contributed by atoms with Crippen molar-refractivity contribution in [1.82, 2.24) is 10.2 Å². The quantitative estimate of drug-likeness (QED) is 0.385. The number of nitro groups is 1. The number of nitro benzene ring substituents is 1. The van der Waals surface area contributed by atoms with E-state index in [1.54, 1.807) is 12.1 Å². The third-order valence-electron chi connectivity index (χ3n) is 3.42. The van der Waals surface area contributed by atoms with E-state index in [2.05, 4.69) is 10.6 Å². The molecule has 1 aromatic rings. The highest BCUT2D eigenvalue weighted by Crippen LogP contribution is 2.15. The SMILES string of the molecule is CCNC(=O)CN(CC)C(=O)CCCNc1ccc([N+](=O)[O-])cc1. The molecule has 0 aromatic heterocycles. The second kappa shape index (κ2) is 10.2. The van der Waals surface area contributed by atoms with Gasteiger partial charge < -0.3 is 15.5 Å². The van der Waals surface area contributed by atoms with Crippen LogP contribution in [-0.2, 0) is 9.59 Å². The largest absolute Gasteiger partial charge is 0.385 e. The Morgan fingerprint density at radius 2 is 1.88 bits per heavy atom. The lowest BCUT2D eigenvalue weighted by Crippen LogP contribution is -2.40. The summed E-state index contributed by atoms with van der Waals surface area (Å²) in [4.78, 5) is 35.3. The Hall–Kier alpha value is -2.64. The molecule has 0 aliphatic carbocycles. The molecule has 8 nitrogen and oxygen atoms in total. The van der Waals surface area contributed by atoms with Crippen LogP contribution in [0.5, 0.6) is 0 Å². The molecule has 0 saturated heterocycles. The number of carbonyl (C=O) groups excluding carboxylic acids is 2. The highest BCUT2D eigenvalue weighted by Gasteiger charge is 2.14. The third kappa shape index (κ3) is 6.64. The van der Waals surface area contributed by atoms with Crippen LogP contribution in [0, 0.1) is 10.1 Å². The number of nitrogens with one attached hydrogen (secondary N) is 2. The Morgan fingerprint density at radius 1 is 1.21 bits per heavy atom. The van der Waals surface area contributed by atoms with Crippen LogP contribution in [0.3, 0.4) is 0 Å². The molecule has 0 bridgehead atoms. The number of hydrogen-bond acceptors (Lipinski definition) is 5. The van der Waals surface area contributed by atoms with Gasteiger partial charge in [-0.1, -0.05) is 0 Å². The van der Waals surface area contributed by atoms with E-state index in [1.165, 1.54) is 17.0 Å². The normalized spacial score (nSPS) is 10.1. The van der Waals surface area contributed by atoms with Gasteiger partial charge in [0.25, 0.3) is 5.69 Å². The molecule has 0 aliphatic rings. The van der Waals surface area contributed by atoms with Crippen molar-refractivity contribution in [1.29, 1.82) is 0 Å². The van der Waals surface area contributed by atoms with Crippen molar-refractivity contribution < 1.29 is 14.5 Å². The van der Waals surface area contributed by atoms with Crippen LogP contribution in [0.15, 0.2) is 24.3 Å². The summed E-state index contributed by atoms with van der Waals surface area (Å²) in [6, 6.07) is 6.12. The minimum absolute atomic E-state index is 0.0414. The van der Waals surface area contributed by atoms with Crippen LogP contribution in [0.25, 0.3) is 0 Å². The zero-order valence-corrected chi connectivity index (χ0v) is 14.1. The van der Waals surface area contributed by atoms with Crippen molar-refractivity contribution in [2.75, 3.05) is 31.5 Å². The Balaban J connectivity index is 2.33. The van der Waals surface area contributed by atoms with Crippen molar-refractivity contribution in [3.63, 3.8) is 0 Å². The first kappa shape index (κ1) is 19.4. The number of likely N-dealkylation sites (N-methyl/N-ethyl adjacent to an activating group) is 2. The van der Waals surface area contributed by atoms with Crippen LogP contribution in [-0.4, -0.2) is 47.8 Å². The number of non-ortho nitro benzene ring substituents is 1. The van der Waals surface area contributed by atoms with Gasteiger partial charge in [-0.05, 0) is 32.4 Å². The van der Waals surface area contributed by atoms with Crippen LogP contribution in [0.2, 0.25) is 0 Å². The van der Waals surface area contributed by atoms with Crippen molar-refractivity contribution >= 4 is 23.2 Å². The fourth-order valence-corrected chi connectivity index (χ4v) is 2.13. The topological polar surface area (TPSA) is 105 Å². The first-order valence-electron chi connectivity index (χ1n) is 8.00. The van der Waals surface area contributed by atoms with E-state index in [1.807, 2.05) is 13.8 Å². The molecule has 2 N–H and O–H groups in total. The lowest BCUT2D eigenvalue weighted by atomic mass is 10.2. The fraction of sp³-hybridized carbons (Fsp3) is 0.500. The summed E-state index contributed by atoms with van der Waals surface area (Å²) in [6.45, 7) is 5.36. The Labute approximate surface area is 141 Å². The molecular formula is C16H24N4O4. The van der Waals surface area contributed by atoms with E-state index in [-0.39, 0.29) is 24.0 Å². The minimum Gasteiger partial charge on any atom is -0.385 e. The van der Waals surface area contributed by atoms with Gasteiger partial charge in [-0.15, -0.1) is 0 Å². The summed E-state index contributed by atoms with van der Waals surface area (Å²) in [6.07, 6.45) is 0.953. The molecule has 0 heterocycles. The van der Waals surface area contributed by atoms with Crippen molar-refractivity contribution in [2.24, 2.45) is 0 Å². The lowest BCUT2D eigenvalue weighted by Gasteiger charge is -2.20. The van der Waals surface area contributed by atoms with Crippen LogP contribution >= 0.6 is 0 Å². The molecule has 0 radical (unpaired) electrons. The summed E-state index contributed by atoms with van der Waals surface area (Å²) in [5.74, 6) is -0.217. The van der Waals surface area contributed by atoms with E-state index in [0.29, 0.717) is 32.5 Å². The van der Waals surface area contributed by atoms with Gasteiger partial charge in [0.05, 0.1) is 11.5 Å². The molecule has 132 valence electrons. The minimum atomic E-state index is -0.448. The Kier molecular flexibility index (Phi) is 8.24. The van der Waals surface area contributed by atoms with Gasteiger partial charge in [-0.25, -0.2) is 0 Å². The summed E-state index contributed by atoms with van der Waals surface area (Å²) >= 11 is 0. The second-order valence-corrected chi connectivity index (χ2v) is 5.20. The first-order chi connectivity index (χ1) is 11.5. The molecule has 0 aliphatic heterocycles. The molecule has 0 spiro atoms. The standard InChI is InChI=1S/C16H24N4O4/c1-3-17-15(21)12-19(4-2)16(22)6-5-11-18-13-7-9-14(10-8-13)20(23)24/h7-10,18H,3-6,11-12H2,1-2H3,(H,17,21). The van der Waals surface area contributed by atoms with E-state index in [0.717, 1.165) is 5.69 Å². The Morgan fingerprint density at radius 3 is 2.42 bits per heavy atom. The van der Waals surface area contributed by atoms with E-state index in [9.17, 15) is 19.7 Å². The van der Waals surface area contributed by atoms with Gasteiger partial charge >= 0.3 is 0 Å². The third-order valence-corrected chi connectivity index (χ3v) is 3.42. The maximum atomic E-state index is 12.1. The zero-order chi connectivity index (χ0) is 17.9. The lowest BCUT2D eigenvalue weighted by molar-refractivity contribution is -0.384. The maximum Gasteiger partial charge on any atom is 0.269 e. The molecule has 2 amide bonds. The van der Waals surface area contributed by atoms with E-state index in [4.69, 9.17) is 0 Å². The van der Waals surface area contributed by atoms with E-state index < -0.39 is 4.92 Å². The van der Waals surface area contributed by atoms with Crippen LogP contribution in [0.1, 0.15) is 26.7 Å². The first-order valence-corrected chi connectivity index (χ1v) is 8.00. The zero-order valence-electron chi connectivity index (χ0n) is 14.1. The van der Waals surface area contributed by atoms with E-state index >= 15 is 0 Å². The summed E-state index contributed by atoms with van der Waals surface area (Å²) in [5, 5.41) is 16.4. The van der Waals surface area contributed by atoms with Gasteiger partial charge in [0.15, 0.2) is 0 Å². The molecule has 0 saturated carbocycles. The molecule has 0 fully saturated rings. The fourth-order valence-electron chi connectivity index (χ4n) is 2.13. The average molecular weight is 336 g/mol. The number of carbonyl (C=O) groups is 2. The number of anilines is 1. The number of nitrogens with zero attached hydrogens (tertiary/aromatic N) is 2. The second-order valence-electron chi connectivity index (χ2n) is 5.20. The maximum absolute atomic E-state index is 12.1. The number of amides is 2. The summed E-state index contributed by atoms with van der Waals surface area (Å²) < 4.78 is 0.